The zero-order chi connectivity index (χ0) is 7.98. The molecule has 0 radical (unpaired) electrons. The maximum Gasteiger partial charge on any atom is 0.292 e. The van der Waals surface area contributed by atoms with Gasteiger partial charge in [-0.15, -0.1) is 6.58 Å². The third kappa shape index (κ3) is 4.09. The van der Waals surface area contributed by atoms with E-state index in [1.165, 1.54) is 7.11 Å². The van der Waals surface area contributed by atoms with Crippen LogP contribution in [0.15, 0.2) is 12.7 Å². The van der Waals surface area contributed by atoms with Gasteiger partial charge in [0.1, 0.15) is 0 Å². The summed E-state index contributed by atoms with van der Waals surface area (Å²) in [6.07, 6.45) is 3.08. The summed E-state index contributed by atoms with van der Waals surface area (Å²) in [5.74, 6) is 0.644. The van der Waals surface area contributed by atoms with Crippen molar-refractivity contribution in [3.8, 4) is 0 Å². The normalized spacial score (nSPS) is 27.4. The largest absolute Gasteiger partial charge is 0.471 e. The second kappa shape index (κ2) is 4.99. The predicted molar refractivity (Wildman–Crippen MR) is 39.4 cm³/mol. The summed E-state index contributed by atoms with van der Waals surface area (Å²) in [5, 5.41) is 0. The maximum absolute atomic E-state index is 8.95. The van der Waals surface area contributed by atoms with Gasteiger partial charge < -0.3 is 10.5 Å². The fraction of sp³-hybridized carbons (Fsp3) is 0.571. The minimum atomic E-state index is 0.375. The van der Waals surface area contributed by atoms with Gasteiger partial charge >= 0.3 is 0 Å². The number of hydrogen-bond acceptors (Lipinski definition) is 3. The molecule has 1 fully saturated rings. The van der Waals surface area contributed by atoms with E-state index in [0.717, 1.165) is 6.42 Å². The van der Waals surface area contributed by atoms with Crippen molar-refractivity contribution in [2.45, 2.75) is 12.5 Å². The molecule has 2 unspecified atom stereocenters. The van der Waals surface area contributed by atoms with Crippen LogP contribution in [0.2, 0.25) is 0 Å². The molecule has 1 aliphatic carbocycles. The molecule has 0 heterocycles. The number of nitrogens with two attached hydrogens (primary N) is 1. The van der Waals surface area contributed by atoms with Gasteiger partial charge in [0.2, 0.25) is 0 Å². The number of ether oxygens (including phenoxy) is 1. The second-order valence-electron chi connectivity index (χ2n) is 2.13. The molecule has 3 heteroatoms. The molecule has 10 heavy (non-hydrogen) atoms. The van der Waals surface area contributed by atoms with Crippen molar-refractivity contribution in [1.82, 2.24) is 0 Å². The standard InChI is InChI=1S/C5H9N.C2H4O2/c1-2-4-3-5(4)6;1-4-2-3/h2,4-5H,1,3,6H2;2H,1H3. The first kappa shape index (κ1) is 9.17. The summed E-state index contributed by atoms with van der Waals surface area (Å²) in [7, 11) is 1.31. The van der Waals surface area contributed by atoms with E-state index in [1.807, 2.05) is 6.08 Å². The molecule has 3 nitrogen and oxygen atoms in total. The first-order chi connectivity index (χ1) is 4.76. The quantitative estimate of drug-likeness (QED) is 0.447. The van der Waals surface area contributed by atoms with E-state index >= 15 is 0 Å². The van der Waals surface area contributed by atoms with Gasteiger partial charge in [-0.3, -0.25) is 4.79 Å². The molecule has 0 aromatic heterocycles. The molecule has 58 valence electrons. The number of carbonyl (C=O) groups is 1. The Labute approximate surface area is 60.9 Å². The highest BCUT2D eigenvalue weighted by molar-refractivity contribution is 5.36. The van der Waals surface area contributed by atoms with E-state index in [1.54, 1.807) is 0 Å². The summed E-state index contributed by atoms with van der Waals surface area (Å²) >= 11 is 0. The van der Waals surface area contributed by atoms with Crippen molar-refractivity contribution in [2.75, 3.05) is 7.11 Å². The van der Waals surface area contributed by atoms with Crippen LogP contribution >= 0.6 is 0 Å². The lowest BCUT2D eigenvalue weighted by Gasteiger charge is -1.73. The van der Waals surface area contributed by atoms with Crippen LogP contribution in [0.5, 0.6) is 0 Å². The molecule has 1 aliphatic rings. The Morgan fingerprint density at radius 3 is 2.20 bits per heavy atom. The van der Waals surface area contributed by atoms with Crippen molar-refractivity contribution < 1.29 is 9.53 Å². The van der Waals surface area contributed by atoms with Crippen molar-refractivity contribution in [2.24, 2.45) is 11.7 Å². The Morgan fingerprint density at radius 2 is 2.20 bits per heavy atom. The molecule has 0 bridgehead atoms. The Kier molecular flexibility index (Phi) is 4.58. The van der Waals surface area contributed by atoms with E-state index in [-0.39, 0.29) is 0 Å². The van der Waals surface area contributed by atoms with Gasteiger partial charge in [-0.05, 0) is 12.3 Å². The van der Waals surface area contributed by atoms with Gasteiger partial charge in [0, 0.05) is 6.04 Å². The molecule has 0 spiro atoms. The van der Waals surface area contributed by atoms with Crippen LogP contribution in [-0.2, 0) is 9.53 Å². The number of methoxy groups -OCH3 is 1. The summed E-state index contributed by atoms with van der Waals surface area (Å²) in [6.45, 7) is 3.97. The molecule has 0 aromatic rings. The highest BCUT2D eigenvalue weighted by Gasteiger charge is 2.29. The van der Waals surface area contributed by atoms with Crippen molar-refractivity contribution in [3.63, 3.8) is 0 Å². The van der Waals surface area contributed by atoms with E-state index in [9.17, 15) is 0 Å². The van der Waals surface area contributed by atoms with Gasteiger partial charge in [-0.1, -0.05) is 6.08 Å². The Bertz CT molecular complexity index is 114. The molecule has 1 saturated carbocycles. The average Bonchev–Trinajstić information content (AvgIpc) is 2.67. The van der Waals surface area contributed by atoms with Crippen molar-refractivity contribution in [3.05, 3.63) is 12.7 Å². The topological polar surface area (TPSA) is 52.3 Å². The lowest BCUT2D eigenvalue weighted by Crippen LogP contribution is -1.99. The maximum atomic E-state index is 8.95. The minimum absolute atomic E-state index is 0.375. The van der Waals surface area contributed by atoms with Gasteiger partial charge in [0.15, 0.2) is 0 Å². The highest BCUT2D eigenvalue weighted by Crippen LogP contribution is 2.27. The van der Waals surface area contributed by atoms with Crippen LogP contribution in [0, 0.1) is 5.92 Å². The van der Waals surface area contributed by atoms with Crippen LogP contribution in [0.4, 0.5) is 0 Å². The lowest BCUT2D eigenvalue weighted by atomic mass is 10.4. The summed E-state index contributed by atoms with van der Waals surface area (Å²) < 4.78 is 3.86. The van der Waals surface area contributed by atoms with Gasteiger partial charge in [0.05, 0.1) is 7.11 Å². The molecule has 2 N–H and O–H groups in total. The molecule has 0 aromatic carbocycles. The fourth-order valence-corrected chi connectivity index (χ4v) is 0.507. The predicted octanol–water partition coefficient (Wildman–Crippen LogP) is 0.309. The van der Waals surface area contributed by atoms with Crippen LogP contribution in [0.25, 0.3) is 0 Å². The van der Waals surface area contributed by atoms with Crippen molar-refractivity contribution in [1.29, 1.82) is 0 Å². The second-order valence-corrected chi connectivity index (χ2v) is 2.13. The number of hydrogen-bond donors (Lipinski definition) is 1. The fourth-order valence-electron chi connectivity index (χ4n) is 0.507. The van der Waals surface area contributed by atoms with E-state index in [4.69, 9.17) is 10.5 Å². The zero-order valence-corrected chi connectivity index (χ0v) is 6.12. The first-order valence-corrected chi connectivity index (χ1v) is 3.10. The van der Waals surface area contributed by atoms with Crippen molar-refractivity contribution >= 4 is 6.47 Å². The molecule has 1 rings (SSSR count). The Balaban J connectivity index is 0.000000180. The van der Waals surface area contributed by atoms with E-state index < -0.39 is 0 Å². The number of rotatable bonds is 2. The van der Waals surface area contributed by atoms with Crippen LogP contribution in [0.1, 0.15) is 6.42 Å². The third-order valence-electron chi connectivity index (χ3n) is 1.29. The van der Waals surface area contributed by atoms with Crippen LogP contribution < -0.4 is 5.73 Å². The SMILES string of the molecule is C=CC1CC1N.COC=O. The number of carbonyl (C=O) groups excluding carboxylic acids is 1. The van der Waals surface area contributed by atoms with E-state index in [0.29, 0.717) is 18.4 Å². The smallest absolute Gasteiger partial charge is 0.292 e. The highest BCUT2D eigenvalue weighted by atomic mass is 16.5. The van der Waals surface area contributed by atoms with Gasteiger partial charge in [-0.25, -0.2) is 0 Å². The summed E-state index contributed by atoms with van der Waals surface area (Å²) in [6, 6.07) is 0.447. The summed E-state index contributed by atoms with van der Waals surface area (Å²) in [4.78, 5) is 8.95. The minimum Gasteiger partial charge on any atom is -0.471 e. The average molecular weight is 143 g/mol. The van der Waals surface area contributed by atoms with Gasteiger partial charge in [0.25, 0.3) is 6.47 Å². The molecule has 0 amide bonds. The zero-order valence-electron chi connectivity index (χ0n) is 6.12. The monoisotopic (exact) mass is 143 g/mol. The molecule has 0 aliphatic heterocycles. The Hall–Kier alpha value is -0.830. The first-order valence-electron chi connectivity index (χ1n) is 3.10. The molecule has 2 atom stereocenters. The lowest BCUT2D eigenvalue weighted by molar-refractivity contribution is -0.126. The van der Waals surface area contributed by atoms with Crippen LogP contribution in [-0.4, -0.2) is 19.6 Å². The molecule has 0 saturated heterocycles. The van der Waals surface area contributed by atoms with Crippen LogP contribution in [0.3, 0.4) is 0 Å². The summed E-state index contributed by atoms with van der Waals surface area (Å²) in [5.41, 5.74) is 5.41. The molecular formula is C7H13NO2. The van der Waals surface area contributed by atoms with Gasteiger partial charge in [-0.2, -0.15) is 0 Å². The molecular weight excluding hydrogens is 130 g/mol. The van der Waals surface area contributed by atoms with E-state index in [2.05, 4.69) is 11.3 Å². The third-order valence-corrected chi connectivity index (χ3v) is 1.29. The Morgan fingerprint density at radius 1 is 1.80 bits per heavy atom.